The zero-order chi connectivity index (χ0) is 22.1. The summed E-state index contributed by atoms with van der Waals surface area (Å²) < 4.78 is 10.6. The van der Waals surface area contributed by atoms with Gasteiger partial charge in [-0.3, -0.25) is 9.59 Å². The highest BCUT2D eigenvalue weighted by atomic mass is 16.5. The summed E-state index contributed by atoms with van der Waals surface area (Å²) in [4.78, 5) is 36.7. The first-order valence-electron chi connectivity index (χ1n) is 9.67. The summed E-state index contributed by atoms with van der Waals surface area (Å²) in [5.74, 6) is -3.71. The monoisotopic (exact) mass is 414 g/mol. The lowest BCUT2D eigenvalue weighted by molar-refractivity contribution is -0.141. The average Bonchev–Trinajstić information content (AvgIpc) is 2.69. The predicted octanol–water partition coefficient (Wildman–Crippen LogP) is 3.04. The van der Waals surface area contributed by atoms with E-state index in [2.05, 4.69) is 0 Å². The van der Waals surface area contributed by atoms with Crippen LogP contribution in [0, 0.1) is 6.92 Å². The highest BCUT2D eigenvalue weighted by Gasteiger charge is 2.50. The van der Waals surface area contributed by atoms with Crippen molar-refractivity contribution in [1.82, 2.24) is 0 Å². The molecular weight excluding hydrogens is 392 g/mol. The molecule has 2 atom stereocenters. The van der Waals surface area contributed by atoms with Crippen LogP contribution in [0.4, 0.5) is 0 Å². The third kappa shape index (κ3) is 2.42. The number of ether oxygens (including phenoxy) is 1. The molecule has 1 heterocycles. The Kier molecular flexibility index (Phi) is 4.24. The smallest absolute Gasteiger partial charge is 0.339 e. The number of aryl methyl sites for hydroxylation is 1. The lowest BCUT2D eigenvalue weighted by atomic mass is 9.63. The number of hydrogen-bond acceptors (Lipinski definition) is 8. The van der Waals surface area contributed by atoms with Crippen LogP contribution in [0.25, 0.3) is 16.7 Å². The molecule has 2 unspecified atom stereocenters. The van der Waals surface area contributed by atoms with E-state index in [4.69, 9.17) is 9.15 Å². The van der Waals surface area contributed by atoms with Crippen LogP contribution in [-0.2, 0) is 26.2 Å². The fourth-order valence-corrected chi connectivity index (χ4v) is 4.70. The summed E-state index contributed by atoms with van der Waals surface area (Å²) in [7, 11) is 0. The van der Waals surface area contributed by atoms with E-state index in [1.54, 1.807) is 20.8 Å². The summed E-state index contributed by atoms with van der Waals surface area (Å²) in [6.45, 7) is 6.09. The molecule has 3 N–H and O–H groups in total. The molecule has 1 aromatic carbocycles. The number of benzene rings is 1. The third-order valence-electron chi connectivity index (χ3n) is 6.35. The number of Topliss-reactive ketones (excluding diaryl/α,β-unsaturated/α-hetero) is 1. The van der Waals surface area contributed by atoms with Gasteiger partial charge >= 0.3 is 11.6 Å². The number of phenols is 1. The Bertz CT molecular complexity index is 1230. The first kappa shape index (κ1) is 20.0. The van der Waals surface area contributed by atoms with Gasteiger partial charge in [0.15, 0.2) is 5.76 Å². The van der Waals surface area contributed by atoms with Crippen molar-refractivity contribution in [2.24, 2.45) is 0 Å². The van der Waals surface area contributed by atoms with Crippen LogP contribution < -0.4 is 5.63 Å². The number of aliphatic hydroxyl groups excluding tert-OH is 2. The van der Waals surface area contributed by atoms with E-state index in [-0.39, 0.29) is 23.3 Å². The summed E-state index contributed by atoms with van der Waals surface area (Å²) in [5.41, 5.74) is -0.136. The SMILES string of the molecule is CC(=O)OCC(C)c1c(O)c2c3c4c(c(C)c(=O)oc14)CCC3(C)C(=O)C(O)=C2O. The number of aliphatic hydroxyl groups is 2. The molecule has 0 spiro atoms. The highest BCUT2D eigenvalue weighted by molar-refractivity contribution is 6.14. The third-order valence-corrected chi connectivity index (χ3v) is 6.35. The van der Waals surface area contributed by atoms with Gasteiger partial charge in [0.1, 0.15) is 11.3 Å². The quantitative estimate of drug-likeness (QED) is 0.515. The molecule has 0 saturated carbocycles. The van der Waals surface area contributed by atoms with Crippen LogP contribution >= 0.6 is 0 Å². The van der Waals surface area contributed by atoms with Gasteiger partial charge in [-0.1, -0.05) is 6.92 Å². The van der Waals surface area contributed by atoms with E-state index in [1.165, 1.54) is 6.92 Å². The first-order valence-corrected chi connectivity index (χ1v) is 9.67. The van der Waals surface area contributed by atoms with Gasteiger partial charge in [0.25, 0.3) is 0 Å². The molecule has 2 aromatic rings. The summed E-state index contributed by atoms with van der Waals surface area (Å²) in [6.07, 6.45) is 0.684. The predicted molar refractivity (Wildman–Crippen MR) is 107 cm³/mol. The fraction of sp³-hybridized carbons (Fsp3) is 0.409. The van der Waals surface area contributed by atoms with E-state index in [9.17, 15) is 29.7 Å². The molecule has 0 amide bonds. The van der Waals surface area contributed by atoms with Crippen molar-refractivity contribution in [3.8, 4) is 5.75 Å². The van der Waals surface area contributed by atoms with Gasteiger partial charge in [-0.15, -0.1) is 0 Å². The molecule has 2 aliphatic carbocycles. The van der Waals surface area contributed by atoms with Crippen LogP contribution in [0.1, 0.15) is 60.9 Å². The minimum absolute atomic E-state index is 0.0547. The molecule has 30 heavy (non-hydrogen) atoms. The van der Waals surface area contributed by atoms with Crippen molar-refractivity contribution in [2.45, 2.75) is 51.9 Å². The topological polar surface area (TPSA) is 134 Å². The standard InChI is InChI=1S/C22H22O8/c1-8(7-29-10(3)23)12-16(24)14-15-13-11(9(2)21(28)30-19(12)13)5-6-22(15,4)20(27)18(26)17(14)25/h8,24-26H,5-7H2,1-4H3. The van der Waals surface area contributed by atoms with Gasteiger partial charge in [-0.05, 0) is 37.8 Å². The molecule has 0 aliphatic heterocycles. The number of hydrogen-bond donors (Lipinski definition) is 3. The molecule has 0 fully saturated rings. The lowest BCUT2D eigenvalue weighted by Crippen LogP contribution is -2.41. The molecule has 158 valence electrons. The van der Waals surface area contributed by atoms with Crippen LogP contribution in [0.5, 0.6) is 5.75 Å². The number of rotatable bonds is 3. The van der Waals surface area contributed by atoms with E-state index >= 15 is 0 Å². The highest BCUT2D eigenvalue weighted by Crippen LogP contribution is 2.54. The zero-order valence-corrected chi connectivity index (χ0v) is 17.1. The molecule has 4 rings (SSSR count). The van der Waals surface area contributed by atoms with Gasteiger partial charge in [-0.25, -0.2) is 4.79 Å². The number of esters is 1. The second-order valence-electron chi connectivity index (χ2n) is 8.27. The van der Waals surface area contributed by atoms with E-state index in [0.717, 1.165) is 0 Å². The minimum Gasteiger partial charge on any atom is -0.507 e. The van der Waals surface area contributed by atoms with Gasteiger partial charge in [-0.2, -0.15) is 0 Å². The molecule has 0 bridgehead atoms. The van der Waals surface area contributed by atoms with Crippen LogP contribution in [0.2, 0.25) is 0 Å². The van der Waals surface area contributed by atoms with Crippen LogP contribution in [-0.4, -0.2) is 33.7 Å². The summed E-state index contributed by atoms with van der Waals surface area (Å²) in [5, 5.41) is 32.5. The Morgan fingerprint density at radius 3 is 2.53 bits per heavy atom. The molecule has 1 aromatic heterocycles. The lowest BCUT2D eigenvalue weighted by Gasteiger charge is -2.39. The normalized spacial score (nSPS) is 21.1. The second kappa shape index (κ2) is 6.35. The Hall–Kier alpha value is -3.29. The maximum absolute atomic E-state index is 12.9. The van der Waals surface area contributed by atoms with Gasteiger partial charge in [0, 0.05) is 29.4 Å². The molecule has 0 radical (unpaired) electrons. The Balaban J connectivity index is 2.20. The number of allylic oxidation sites excluding steroid dienone is 1. The maximum Gasteiger partial charge on any atom is 0.339 e. The molecule has 8 heteroatoms. The van der Waals surface area contributed by atoms with Crippen molar-refractivity contribution >= 4 is 28.5 Å². The van der Waals surface area contributed by atoms with Crippen molar-refractivity contribution in [2.75, 3.05) is 6.61 Å². The minimum atomic E-state index is -1.20. The molecular formula is C22H22O8. The average molecular weight is 414 g/mol. The fourth-order valence-electron chi connectivity index (χ4n) is 4.70. The van der Waals surface area contributed by atoms with Gasteiger partial charge in [0.2, 0.25) is 11.5 Å². The van der Waals surface area contributed by atoms with Crippen LogP contribution in [0.3, 0.4) is 0 Å². The van der Waals surface area contributed by atoms with Crippen molar-refractivity contribution < 1.29 is 34.1 Å². The Morgan fingerprint density at radius 1 is 1.23 bits per heavy atom. The largest absolute Gasteiger partial charge is 0.507 e. The molecule has 0 saturated heterocycles. The number of phenolic OH excluding ortho intramolecular Hbond substituents is 1. The first-order chi connectivity index (χ1) is 14.0. The zero-order valence-electron chi connectivity index (χ0n) is 17.1. The maximum atomic E-state index is 12.9. The number of ketones is 1. The van der Waals surface area contributed by atoms with Crippen molar-refractivity contribution in [3.05, 3.63) is 44.0 Å². The number of carbonyl (C=O) groups excluding carboxylic acids is 2. The molecule has 2 aliphatic rings. The number of aromatic hydroxyl groups is 1. The summed E-state index contributed by atoms with van der Waals surface area (Å²) in [6, 6.07) is 0. The summed E-state index contributed by atoms with van der Waals surface area (Å²) >= 11 is 0. The van der Waals surface area contributed by atoms with Gasteiger partial charge in [0.05, 0.1) is 17.6 Å². The van der Waals surface area contributed by atoms with Crippen molar-refractivity contribution in [3.63, 3.8) is 0 Å². The Labute approximate surface area is 171 Å². The molecule has 8 nitrogen and oxygen atoms in total. The number of carbonyl (C=O) groups is 2. The van der Waals surface area contributed by atoms with E-state index in [0.29, 0.717) is 34.9 Å². The Morgan fingerprint density at radius 2 is 1.90 bits per heavy atom. The van der Waals surface area contributed by atoms with Crippen molar-refractivity contribution in [1.29, 1.82) is 0 Å². The van der Waals surface area contributed by atoms with Gasteiger partial charge < -0.3 is 24.5 Å². The van der Waals surface area contributed by atoms with E-state index < -0.39 is 46.0 Å². The van der Waals surface area contributed by atoms with E-state index in [1.807, 2.05) is 0 Å². The second-order valence-corrected chi connectivity index (χ2v) is 8.27. The van der Waals surface area contributed by atoms with Crippen LogP contribution in [0.15, 0.2) is 15.0 Å².